The van der Waals surface area contributed by atoms with Crippen LogP contribution in [-0.4, -0.2) is 0 Å². The number of hydrogen-bond acceptors (Lipinski definition) is 1. The largest absolute Gasteiger partial charge is 0.398 e. The molecule has 9 aromatic carbocycles. The molecule has 0 radical (unpaired) electrons. The molecular weight excluding hydrogens is 687 g/mol. The van der Waals surface area contributed by atoms with Gasteiger partial charge >= 0.3 is 0 Å². The molecule has 0 bridgehead atoms. The predicted molar refractivity (Wildman–Crippen MR) is 234 cm³/mol. The van der Waals surface area contributed by atoms with Gasteiger partial charge in [0.25, 0.3) is 0 Å². The van der Waals surface area contributed by atoms with Crippen LogP contribution in [0.5, 0.6) is 0 Å². The molecule has 0 fully saturated rings. The Labute approximate surface area is 332 Å². The summed E-state index contributed by atoms with van der Waals surface area (Å²) in [5.41, 5.74) is 32.7. The van der Waals surface area contributed by atoms with Gasteiger partial charge in [0.15, 0.2) is 0 Å². The lowest BCUT2D eigenvalue weighted by Gasteiger charge is -2.31. The van der Waals surface area contributed by atoms with Gasteiger partial charge in [0, 0.05) is 11.3 Å². The van der Waals surface area contributed by atoms with Crippen molar-refractivity contribution in [1.82, 2.24) is 0 Å². The van der Waals surface area contributed by atoms with Crippen LogP contribution in [0.2, 0.25) is 0 Å². The third-order valence-electron chi connectivity index (χ3n) is 13.7. The van der Waals surface area contributed by atoms with Crippen LogP contribution in [0, 0.1) is 0 Å². The van der Waals surface area contributed by atoms with Crippen molar-refractivity contribution in [3.63, 3.8) is 0 Å². The number of nitrogens with two attached hydrogens (primary N) is 1. The lowest BCUT2D eigenvalue weighted by molar-refractivity contribution is 0.794. The monoisotopic (exact) mass is 721 g/mol. The number of benzene rings is 9. The minimum Gasteiger partial charge on any atom is -0.398 e. The number of fused-ring (bicyclic) bond motifs is 20. The molecule has 0 heterocycles. The molecule has 13 rings (SSSR count). The van der Waals surface area contributed by atoms with Crippen LogP contribution in [0.3, 0.4) is 0 Å². The SMILES string of the molecule is Nc1cccc(-c2ccc3c(c2)C2(c4ccccc4-c4ccccc42)c2ccccc2-3)c1-c1ccc2c(c1)C1(c3ccccc3-c3ccccc31)c1ccccc1-2. The van der Waals surface area contributed by atoms with Crippen LogP contribution in [0.25, 0.3) is 66.8 Å². The average molecular weight is 722 g/mol. The lowest BCUT2D eigenvalue weighted by Crippen LogP contribution is -2.26. The standard InChI is InChI=1S/C56H35N/c57-53-27-13-20-36(34-28-30-43-41-18-5-11-25-49(41)55(51(43)32-34)45-21-7-1-14-37(45)38-15-2-8-22-46(38)55)54(53)35-29-31-44-42-19-6-12-26-50(42)56(52(44)33-35)47-23-9-3-16-39(47)40-17-4-10-24-48(40)56/h1-33H,57H2. The third-order valence-corrected chi connectivity index (χ3v) is 13.7. The van der Waals surface area contributed by atoms with E-state index in [2.05, 4.69) is 200 Å². The van der Waals surface area contributed by atoms with E-state index < -0.39 is 10.8 Å². The van der Waals surface area contributed by atoms with Gasteiger partial charge < -0.3 is 5.73 Å². The first-order valence-corrected chi connectivity index (χ1v) is 20.0. The van der Waals surface area contributed by atoms with E-state index >= 15 is 0 Å². The highest BCUT2D eigenvalue weighted by atomic mass is 14.6. The van der Waals surface area contributed by atoms with Gasteiger partial charge in [-0.1, -0.05) is 182 Å². The molecule has 0 atom stereocenters. The zero-order valence-corrected chi connectivity index (χ0v) is 31.1. The number of hydrogen-bond donors (Lipinski definition) is 1. The van der Waals surface area contributed by atoms with E-state index in [-0.39, 0.29) is 0 Å². The maximum Gasteiger partial charge on any atom is 0.0725 e. The molecular formula is C56H35N. The van der Waals surface area contributed by atoms with Crippen molar-refractivity contribution >= 4 is 5.69 Å². The second-order valence-electron chi connectivity index (χ2n) is 16.1. The molecule has 1 heteroatoms. The summed E-state index contributed by atoms with van der Waals surface area (Å²) in [4.78, 5) is 0. The highest BCUT2D eigenvalue weighted by Gasteiger charge is 2.53. The van der Waals surface area contributed by atoms with Gasteiger partial charge in [-0.2, -0.15) is 0 Å². The van der Waals surface area contributed by atoms with E-state index in [1.165, 1.54) is 94.6 Å². The summed E-state index contributed by atoms with van der Waals surface area (Å²) in [5, 5.41) is 0. The van der Waals surface area contributed by atoms with Gasteiger partial charge in [0.05, 0.1) is 10.8 Å². The topological polar surface area (TPSA) is 26.0 Å². The molecule has 0 aromatic heterocycles. The van der Waals surface area contributed by atoms with Crippen LogP contribution in [0.15, 0.2) is 200 Å². The summed E-state index contributed by atoms with van der Waals surface area (Å²) in [6.45, 7) is 0. The Bertz CT molecular complexity index is 3090. The second kappa shape index (κ2) is 11.0. The molecule has 264 valence electrons. The molecule has 0 unspecified atom stereocenters. The van der Waals surface area contributed by atoms with Crippen LogP contribution < -0.4 is 5.73 Å². The van der Waals surface area contributed by atoms with Gasteiger partial charge in [0.1, 0.15) is 0 Å². The van der Waals surface area contributed by atoms with E-state index in [4.69, 9.17) is 5.73 Å². The Balaban J connectivity index is 1.06. The van der Waals surface area contributed by atoms with Crippen LogP contribution in [0.1, 0.15) is 44.5 Å². The van der Waals surface area contributed by atoms with Crippen molar-refractivity contribution in [3.8, 4) is 66.8 Å². The highest BCUT2D eigenvalue weighted by molar-refractivity contribution is 6.00. The number of nitrogen functional groups attached to an aromatic ring is 1. The minimum absolute atomic E-state index is 0.412. The van der Waals surface area contributed by atoms with E-state index in [1.807, 2.05) is 0 Å². The fraction of sp³-hybridized carbons (Fsp3) is 0.0357. The Morgan fingerprint density at radius 2 is 0.544 bits per heavy atom. The van der Waals surface area contributed by atoms with Gasteiger partial charge in [-0.25, -0.2) is 0 Å². The van der Waals surface area contributed by atoms with E-state index in [1.54, 1.807) is 0 Å². The third kappa shape index (κ3) is 3.66. The molecule has 9 aromatic rings. The summed E-state index contributed by atoms with van der Waals surface area (Å²) >= 11 is 0. The van der Waals surface area contributed by atoms with E-state index in [0.29, 0.717) is 0 Å². The Hall–Kier alpha value is -7.22. The first kappa shape index (κ1) is 31.0. The summed E-state index contributed by atoms with van der Waals surface area (Å²) < 4.78 is 0. The molecule has 4 aliphatic carbocycles. The molecule has 0 saturated heterocycles. The van der Waals surface area contributed by atoms with E-state index in [9.17, 15) is 0 Å². The quantitative estimate of drug-likeness (QED) is 0.177. The van der Waals surface area contributed by atoms with Crippen LogP contribution in [0.4, 0.5) is 5.69 Å². The highest BCUT2D eigenvalue weighted by Crippen LogP contribution is 2.65. The van der Waals surface area contributed by atoms with Crippen LogP contribution >= 0.6 is 0 Å². The molecule has 2 spiro atoms. The Morgan fingerprint density at radius 1 is 0.246 bits per heavy atom. The Morgan fingerprint density at radius 3 is 0.930 bits per heavy atom. The van der Waals surface area contributed by atoms with Crippen LogP contribution in [-0.2, 0) is 10.8 Å². The second-order valence-corrected chi connectivity index (χ2v) is 16.1. The van der Waals surface area contributed by atoms with Gasteiger partial charge in [0.2, 0.25) is 0 Å². The fourth-order valence-corrected chi connectivity index (χ4v) is 11.6. The Kier molecular flexibility index (Phi) is 5.97. The normalized spacial score (nSPS) is 14.7. The zero-order chi connectivity index (χ0) is 37.5. The van der Waals surface area contributed by atoms with Crippen molar-refractivity contribution in [2.75, 3.05) is 5.73 Å². The predicted octanol–water partition coefficient (Wildman–Crippen LogP) is 13.3. The summed E-state index contributed by atoms with van der Waals surface area (Å²) in [5.74, 6) is 0. The number of rotatable bonds is 2. The van der Waals surface area contributed by atoms with Crippen molar-refractivity contribution in [2.45, 2.75) is 10.8 Å². The van der Waals surface area contributed by atoms with Gasteiger partial charge in [-0.15, -0.1) is 0 Å². The van der Waals surface area contributed by atoms with E-state index in [0.717, 1.165) is 22.4 Å². The van der Waals surface area contributed by atoms with Crippen molar-refractivity contribution < 1.29 is 0 Å². The molecule has 4 aliphatic rings. The molecule has 0 amide bonds. The first-order valence-electron chi connectivity index (χ1n) is 20.0. The van der Waals surface area contributed by atoms with Gasteiger partial charge in [-0.05, 0) is 124 Å². The smallest absolute Gasteiger partial charge is 0.0725 e. The summed E-state index contributed by atoms with van der Waals surface area (Å²) in [6.07, 6.45) is 0. The average Bonchev–Trinajstić information content (AvgIpc) is 3.95. The fourth-order valence-electron chi connectivity index (χ4n) is 11.6. The molecule has 0 aliphatic heterocycles. The van der Waals surface area contributed by atoms with Crippen molar-refractivity contribution in [1.29, 1.82) is 0 Å². The molecule has 57 heavy (non-hydrogen) atoms. The number of anilines is 1. The van der Waals surface area contributed by atoms with Crippen molar-refractivity contribution in [2.24, 2.45) is 0 Å². The van der Waals surface area contributed by atoms with Crippen molar-refractivity contribution in [3.05, 3.63) is 245 Å². The maximum atomic E-state index is 7.14. The maximum absolute atomic E-state index is 7.14. The summed E-state index contributed by atoms with van der Waals surface area (Å²) in [6, 6.07) is 74.8. The first-order chi connectivity index (χ1) is 28.2. The lowest BCUT2D eigenvalue weighted by atomic mass is 9.70. The molecule has 1 nitrogen and oxygen atoms in total. The molecule has 0 saturated carbocycles. The summed E-state index contributed by atoms with van der Waals surface area (Å²) in [7, 11) is 0. The zero-order valence-electron chi connectivity index (χ0n) is 31.1. The van der Waals surface area contributed by atoms with Gasteiger partial charge in [-0.3, -0.25) is 0 Å². The molecule has 2 N–H and O–H groups in total. The minimum atomic E-state index is -0.423.